The van der Waals surface area contributed by atoms with E-state index in [1.54, 1.807) is 41.3 Å². The van der Waals surface area contributed by atoms with E-state index in [0.29, 0.717) is 12.2 Å². The van der Waals surface area contributed by atoms with Crippen molar-refractivity contribution in [3.63, 3.8) is 0 Å². The van der Waals surface area contributed by atoms with Crippen LogP contribution in [-0.2, 0) is 21.2 Å². The number of nitrogens with zero attached hydrogens (tertiary/aromatic N) is 2. The second-order valence-corrected chi connectivity index (χ2v) is 9.40. The molecule has 0 spiro atoms. The van der Waals surface area contributed by atoms with Crippen LogP contribution in [0.2, 0.25) is 0 Å². The summed E-state index contributed by atoms with van der Waals surface area (Å²) < 4.78 is 28.3. The fourth-order valence-electron chi connectivity index (χ4n) is 3.91. The average Bonchev–Trinajstić information content (AvgIpc) is 3.17. The van der Waals surface area contributed by atoms with Crippen LogP contribution in [0.5, 0.6) is 0 Å². The summed E-state index contributed by atoms with van der Waals surface area (Å²) in [5, 5.41) is 0. The molecule has 5 nitrogen and oxygen atoms in total. The summed E-state index contributed by atoms with van der Waals surface area (Å²) in [6.45, 7) is 4.13. The topological polar surface area (TPSA) is 57.7 Å². The molecule has 6 heteroatoms. The second kappa shape index (κ2) is 7.95. The number of rotatable bonds is 5. The Morgan fingerprint density at radius 3 is 2.40 bits per heavy atom. The van der Waals surface area contributed by atoms with E-state index >= 15 is 0 Å². The van der Waals surface area contributed by atoms with Crippen molar-refractivity contribution in [3.05, 3.63) is 89.5 Å². The fourth-order valence-corrected chi connectivity index (χ4v) is 5.41. The van der Waals surface area contributed by atoms with E-state index in [0.717, 1.165) is 28.8 Å². The molecule has 0 radical (unpaired) electrons. The molecular formula is C24H24N2O3S. The Morgan fingerprint density at radius 1 is 0.967 bits per heavy atom. The van der Waals surface area contributed by atoms with Gasteiger partial charge >= 0.3 is 0 Å². The minimum Gasteiger partial charge on any atom is -0.310 e. The summed E-state index contributed by atoms with van der Waals surface area (Å²) in [4.78, 5) is 15.1. The van der Waals surface area contributed by atoms with E-state index in [2.05, 4.69) is 0 Å². The number of hydrogen-bond acceptors (Lipinski definition) is 3. The molecule has 1 amide bonds. The van der Waals surface area contributed by atoms with Gasteiger partial charge in [-0.25, -0.2) is 8.42 Å². The molecule has 1 aliphatic heterocycles. The van der Waals surface area contributed by atoms with Crippen molar-refractivity contribution in [1.82, 2.24) is 0 Å². The monoisotopic (exact) mass is 420 g/mol. The van der Waals surface area contributed by atoms with Crippen LogP contribution in [-0.4, -0.2) is 27.4 Å². The van der Waals surface area contributed by atoms with Gasteiger partial charge in [-0.05, 0) is 55.7 Å². The second-order valence-electron chi connectivity index (χ2n) is 7.54. The number of sulfonamides is 1. The molecular weight excluding hydrogens is 396 g/mol. The van der Waals surface area contributed by atoms with Crippen LogP contribution < -0.4 is 9.21 Å². The summed E-state index contributed by atoms with van der Waals surface area (Å²) in [5.41, 5.74) is 4.33. The van der Waals surface area contributed by atoms with Gasteiger partial charge in [0, 0.05) is 12.2 Å². The number of carbonyl (C=O) groups is 1. The Kier molecular flexibility index (Phi) is 5.35. The first-order valence-electron chi connectivity index (χ1n) is 9.91. The minimum absolute atomic E-state index is 0.166. The molecule has 0 N–H and O–H groups in total. The van der Waals surface area contributed by atoms with Crippen molar-refractivity contribution in [2.24, 2.45) is 0 Å². The smallest absolute Gasteiger partial charge is 0.264 e. The lowest BCUT2D eigenvalue weighted by Crippen LogP contribution is -2.43. The maximum atomic E-state index is 13.5. The van der Waals surface area contributed by atoms with E-state index in [9.17, 15) is 13.2 Å². The Hall–Kier alpha value is -3.12. The lowest BCUT2D eigenvalue weighted by Gasteiger charge is -2.28. The fraction of sp³-hybridized carbons (Fsp3) is 0.208. The van der Waals surface area contributed by atoms with Gasteiger partial charge in [0.1, 0.15) is 6.54 Å². The van der Waals surface area contributed by atoms with E-state index in [4.69, 9.17) is 0 Å². The van der Waals surface area contributed by atoms with Gasteiger partial charge < -0.3 is 4.90 Å². The van der Waals surface area contributed by atoms with Crippen LogP contribution in [0.4, 0.5) is 11.4 Å². The molecule has 0 saturated carbocycles. The van der Waals surface area contributed by atoms with Gasteiger partial charge in [0.2, 0.25) is 5.91 Å². The van der Waals surface area contributed by atoms with Gasteiger partial charge in [0.05, 0.1) is 10.6 Å². The van der Waals surface area contributed by atoms with E-state index in [1.165, 1.54) is 4.31 Å². The van der Waals surface area contributed by atoms with Crippen LogP contribution in [0.15, 0.2) is 77.7 Å². The van der Waals surface area contributed by atoms with Crippen molar-refractivity contribution in [2.45, 2.75) is 25.2 Å². The van der Waals surface area contributed by atoms with E-state index in [1.807, 2.05) is 50.2 Å². The molecule has 1 heterocycles. The third-order valence-electron chi connectivity index (χ3n) is 5.42. The highest BCUT2D eigenvalue weighted by atomic mass is 32.2. The number of amides is 1. The van der Waals surface area contributed by atoms with Crippen LogP contribution in [0, 0.1) is 13.8 Å². The molecule has 0 aromatic heterocycles. The molecule has 3 aromatic carbocycles. The Labute approximate surface area is 177 Å². The maximum absolute atomic E-state index is 13.5. The lowest BCUT2D eigenvalue weighted by molar-refractivity contribution is -0.117. The number of carbonyl (C=O) groups excluding carboxylic acids is 1. The van der Waals surface area contributed by atoms with Crippen LogP contribution in [0.25, 0.3) is 0 Å². The van der Waals surface area contributed by atoms with Crippen molar-refractivity contribution < 1.29 is 13.2 Å². The zero-order valence-corrected chi connectivity index (χ0v) is 17.9. The molecule has 4 rings (SSSR count). The number of para-hydroxylation sites is 1. The zero-order valence-electron chi connectivity index (χ0n) is 17.1. The molecule has 0 saturated heterocycles. The SMILES string of the molecule is Cc1ccc(N(CC(=O)N2CCc3ccccc32)S(=O)(=O)c2ccccc2)c(C)c1. The van der Waals surface area contributed by atoms with Gasteiger partial charge in [-0.3, -0.25) is 9.10 Å². The lowest BCUT2D eigenvalue weighted by atomic mass is 10.1. The molecule has 0 bridgehead atoms. The third kappa shape index (κ3) is 3.71. The molecule has 0 aliphatic carbocycles. The molecule has 154 valence electrons. The van der Waals surface area contributed by atoms with Gasteiger partial charge in [-0.2, -0.15) is 0 Å². The standard InChI is InChI=1S/C24H24N2O3S/c1-18-12-13-22(19(2)16-18)26(30(28,29)21-9-4-3-5-10-21)17-24(27)25-15-14-20-8-6-7-11-23(20)25/h3-13,16H,14-15,17H2,1-2H3. The Balaban J connectivity index is 1.74. The third-order valence-corrected chi connectivity index (χ3v) is 7.19. The first-order valence-corrected chi connectivity index (χ1v) is 11.4. The number of fused-ring (bicyclic) bond motifs is 1. The summed E-state index contributed by atoms with van der Waals surface area (Å²) in [7, 11) is -3.91. The molecule has 30 heavy (non-hydrogen) atoms. The van der Waals surface area contributed by atoms with E-state index < -0.39 is 10.0 Å². The highest BCUT2D eigenvalue weighted by Crippen LogP contribution is 2.30. The van der Waals surface area contributed by atoms with E-state index in [-0.39, 0.29) is 17.3 Å². The van der Waals surface area contributed by atoms with Crippen LogP contribution >= 0.6 is 0 Å². The van der Waals surface area contributed by atoms with Crippen molar-refractivity contribution >= 4 is 27.3 Å². The molecule has 1 aliphatic rings. The summed E-state index contributed by atoms with van der Waals surface area (Å²) in [5.74, 6) is -0.237. The van der Waals surface area contributed by atoms with Crippen molar-refractivity contribution in [3.8, 4) is 0 Å². The number of benzene rings is 3. The number of anilines is 2. The predicted octanol–water partition coefficient (Wildman–Crippen LogP) is 4.09. The largest absolute Gasteiger partial charge is 0.310 e. The molecule has 0 unspecified atom stereocenters. The maximum Gasteiger partial charge on any atom is 0.264 e. The number of hydrogen-bond donors (Lipinski definition) is 0. The zero-order chi connectivity index (χ0) is 21.3. The highest BCUT2D eigenvalue weighted by Gasteiger charge is 2.32. The first kappa shape index (κ1) is 20.2. The summed E-state index contributed by atoms with van der Waals surface area (Å²) in [6, 6.07) is 21.6. The van der Waals surface area contributed by atoms with Crippen LogP contribution in [0.1, 0.15) is 16.7 Å². The van der Waals surface area contributed by atoms with Crippen LogP contribution in [0.3, 0.4) is 0 Å². The van der Waals surface area contributed by atoms with Crippen molar-refractivity contribution in [1.29, 1.82) is 0 Å². The Bertz CT molecular complexity index is 1190. The molecule has 3 aromatic rings. The number of aryl methyl sites for hydroxylation is 2. The minimum atomic E-state index is -3.91. The quantitative estimate of drug-likeness (QED) is 0.625. The molecule has 0 atom stereocenters. The predicted molar refractivity (Wildman–Crippen MR) is 119 cm³/mol. The van der Waals surface area contributed by atoms with Gasteiger partial charge in [0.25, 0.3) is 10.0 Å². The Morgan fingerprint density at radius 2 is 1.67 bits per heavy atom. The normalized spacial score (nSPS) is 13.2. The van der Waals surface area contributed by atoms with Gasteiger partial charge in [-0.1, -0.05) is 54.1 Å². The summed E-state index contributed by atoms with van der Waals surface area (Å²) in [6.07, 6.45) is 0.775. The van der Waals surface area contributed by atoms with Crippen molar-refractivity contribution in [2.75, 3.05) is 22.3 Å². The average molecular weight is 421 g/mol. The molecule has 0 fully saturated rings. The van der Waals surface area contributed by atoms with Gasteiger partial charge in [0.15, 0.2) is 0 Å². The summed E-state index contributed by atoms with van der Waals surface area (Å²) >= 11 is 0. The van der Waals surface area contributed by atoms with Gasteiger partial charge in [-0.15, -0.1) is 0 Å². The highest BCUT2D eigenvalue weighted by molar-refractivity contribution is 7.92. The first-order chi connectivity index (χ1) is 14.4.